The second-order valence-corrected chi connectivity index (χ2v) is 5.76. The molecule has 1 saturated heterocycles. The van der Waals surface area contributed by atoms with E-state index < -0.39 is 0 Å². The number of aromatic nitrogens is 1. The molecule has 1 aliphatic heterocycles. The predicted octanol–water partition coefficient (Wildman–Crippen LogP) is 2.47. The normalized spacial score (nSPS) is 16.6. The Balaban J connectivity index is 1.80. The molecular weight excluding hydrogens is 278 g/mol. The third-order valence-electron chi connectivity index (χ3n) is 4.12. The summed E-state index contributed by atoms with van der Waals surface area (Å²) >= 11 is 0. The van der Waals surface area contributed by atoms with Crippen LogP contribution in [0.4, 0.5) is 0 Å². The molecule has 0 saturated carbocycles. The monoisotopic (exact) mass is 299 g/mol. The lowest BCUT2D eigenvalue weighted by atomic mass is 10.1. The van der Waals surface area contributed by atoms with E-state index in [0.29, 0.717) is 6.54 Å². The molecule has 0 aliphatic carbocycles. The summed E-state index contributed by atoms with van der Waals surface area (Å²) in [5, 5.41) is 0. The van der Waals surface area contributed by atoms with Gasteiger partial charge in [-0.25, -0.2) is 0 Å². The Morgan fingerprint density at radius 3 is 2.86 bits per heavy atom. The van der Waals surface area contributed by atoms with Crippen LogP contribution in [-0.2, 0) is 11.3 Å². The Morgan fingerprint density at radius 1 is 1.41 bits per heavy atom. The summed E-state index contributed by atoms with van der Waals surface area (Å²) in [6, 6.07) is 5.52. The van der Waals surface area contributed by atoms with Crippen molar-refractivity contribution in [3.05, 3.63) is 54.2 Å². The summed E-state index contributed by atoms with van der Waals surface area (Å²) in [6.07, 6.45) is 9.15. The van der Waals surface area contributed by atoms with Gasteiger partial charge in [0.2, 0.25) is 5.91 Å². The zero-order chi connectivity index (χ0) is 15.4. The maximum absolute atomic E-state index is 13.0. The highest BCUT2D eigenvalue weighted by atomic mass is 16.3. The number of rotatable bonds is 5. The Morgan fingerprint density at radius 2 is 2.23 bits per heavy atom. The van der Waals surface area contributed by atoms with Gasteiger partial charge >= 0.3 is 0 Å². The van der Waals surface area contributed by atoms with Crippen LogP contribution in [0.3, 0.4) is 0 Å². The standard InChI is InChI=1S/C17H21N3O2/c1-19(12-14-6-10-22-13-14)17(21)16(20-8-2-3-9-20)15-5-4-7-18-11-15/h4-7,10-11,13,16H,2-3,8-9,12H2,1H3/t16-/m1/s1. The van der Waals surface area contributed by atoms with Crippen molar-refractivity contribution < 1.29 is 9.21 Å². The minimum atomic E-state index is -0.242. The highest BCUT2D eigenvalue weighted by Crippen LogP contribution is 2.26. The second kappa shape index (κ2) is 6.75. The molecule has 1 aliphatic rings. The molecule has 1 atom stereocenters. The van der Waals surface area contributed by atoms with E-state index in [9.17, 15) is 4.79 Å². The number of likely N-dealkylation sites (tertiary alicyclic amines) is 1. The van der Waals surface area contributed by atoms with E-state index in [1.54, 1.807) is 29.8 Å². The minimum absolute atomic E-state index is 0.108. The minimum Gasteiger partial charge on any atom is -0.472 e. The fraction of sp³-hybridized carbons (Fsp3) is 0.412. The van der Waals surface area contributed by atoms with Crippen LogP contribution in [0.5, 0.6) is 0 Å². The quantitative estimate of drug-likeness (QED) is 0.851. The molecule has 0 N–H and O–H groups in total. The molecular formula is C17H21N3O2. The fourth-order valence-corrected chi connectivity index (χ4v) is 2.99. The van der Waals surface area contributed by atoms with Crippen LogP contribution in [0.15, 0.2) is 47.5 Å². The summed E-state index contributed by atoms with van der Waals surface area (Å²) in [5.41, 5.74) is 1.97. The maximum Gasteiger partial charge on any atom is 0.244 e. The van der Waals surface area contributed by atoms with Crippen molar-refractivity contribution in [1.82, 2.24) is 14.8 Å². The van der Waals surface area contributed by atoms with Crippen molar-refractivity contribution in [3.63, 3.8) is 0 Å². The topological polar surface area (TPSA) is 49.6 Å². The van der Waals surface area contributed by atoms with Gasteiger partial charge in [0.05, 0.1) is 12.5 Å². The molecule has 0 spiro atoms. The van der Waals surface area contributed by atoms with Gasteiger partial charge in [-0.15, -0.1) is 0 Å². The average Bonchev–Trinajstić information content (AvgIpc) is 3.22. The molecule has 3 heterocycles. The number of hydrogen-bond acceptors (Lipinski definition) is 4. The van der Waals surface area contributed by atoms with E-state index in [1.165, 1.54) is 0 Å². The van der Waals surface area contributed by atoms with Gasteiger partial charge in [-0.1, -0.05) is 6.07 Å². The molecule has 0 aromatic carbocycles. The van der Waals surface area contributed by atoms with Gasteiger partial charge < -0.3 is 9.32 Å². The number of likely N-dealkylation sites (N-methyl/N-ethyl adjacent to an activating group) is 1. The van der Waals surface area contributed by atoms with Gasteiger partial charge in [-0.05, 0) is 43.6 Å². The molecule has 1 fully saturated rings. The van der Waals surface area contributed by atoms with Gasteiger partial charge in [0.25, 0.3) is 0 Å². The summed E-state index contributed by atoms with van der Waals surface area (Å²) < 4.78 is 5.08. The number of carbonyl (C=O) groups excluding carboxylic acids is 1. The van der Waals surface area contributed by atoms with Gasteiger partial charge in [0.15, 0.2) is 0 Å². The highest BCUT2D eigenvalue weighted by molar-refractivity contribution is 5.83. The molecule has 1 amide bonds. The zero-order valence-electron chi connectivity index (χ0n) is 12.8. The molecule has 0 bridgehead atoms. The van der Waals surface area contributed by atoms with Gasteiger partial charge in [0, 0.05) is 31.5 Å². The summed E-state index contributed by atoms with van der Waals surface area (Å²) in [6.45, 7) is 2.48. The molecule has 5 nitrogen and oxygen atoms in total. The van der Waals surface area contributed by atoms with E-state index in [-0.39, 0.29) is 11.9 Å². The molecule has 3 rings (SSSR count). The number of amides is 1. The first kappa shape index (κ1) is 14.8. The van der Waals surface area contributed by atoms with Gasteiger partial charge in [-0.2, -0.15) is 0 Å². The van der Waals surface area contributed by atoms with Crippen LogP contribution in [0.2, 0.25) is 0 Å². The fourth-order valence-electron chi connectivity index (χ4n) is 2.99. The highest BCUT2D eigenvalue weighted by Gasteiger charge is 2.31. The maximum atomic E-state index is 13.0. The third-order valence-corrected chi connectivity index (χ3v) is 4.12. The number of nitrogens with zero attached hydrogens (tertiary/aromatic N) is 3. The Hall–Kier alpha value is -2.14. The van der Waals surface area contributed by atoms with E-state index in [4.69, 9.17) is 4.42 Å². The zero-order valence-corrected chi connectivity index (χ0v) is 12.8. The summed E-state index contributed by atoms with van der Waals surface area (Å²) in [5.74, 6) is 0.108. The van der Waals surface area contributed by atoms with Crippen molar-refractivity contribution in [2.45, 2.75) is 25.4 Å². The van der Waals surface area contributed by atoms with Crippen LogP contribution < -0.4 is 0 Å². The lowest BCUT2D eigenvalue weighted by molar-refractivity contribution is -0.136. The first-order chi connectivity index (χ1) is 10.8. The molecule has 2 aromatic rings. The van der Waals surface area contributed by atoms with Crippen LogP contribution in [-0.4, -0.2) is 40.8 Å². The van der Waals surface area contributed by atoms with Crippen molar-refractivity contribution in [1.29, 1.82) is 0 Å². The predicted molar refractivity (Wildman–Crippen MR) is 83.0 cm³/mol. The van der Waals surface area contributed by atoms with E-state index in [1.807, 2.05) is 25.2 Å². The molecule has 5 heteroatoms. The molecule has 22 heavy (non-hydrogen) atoms. The lowest BCUT2D eigenvalue weighted by Crippen LogP contribution is -2.40. The van der Waals surface area contributed by atoms with Crippen LogP contribution in [0.1, 0.15) is 30.0 Å². The number of pyridine rings is 1. The van der Waals surface area contributed by atoms with Gasteiger partial charge in [-0.3, -0.25) is 14.7 Å². The number of carbonyl (C=O) groups is 1. The van der Waals surface area contributed by atoms with Crippen molar-refractivity contribution >= 4 is 5.91 Å². The Kier molecular flexibility index (Phi) is 4.53. The third kappa shape index (κ3) is 3.20. The molecule has 116 valence electrons. The first-order valence-corrected chi connectivity index (χ1v) is 7.66. The number of furan rings is 1. The SMILES string of the molecule is CN(Cc1ccoc1)C(=O)[C@@H](c1cccnc1)N1CCCC1. The van der Waals surface area contributed by atoms with Gasteiger partial charge in [0.1, 0.15) is 6.04 Å². The molecule has 0 radical (unpaired) electrons. The molecule has 0 unspecified atom stereocenters. The van der Waals surface area contributed by atoms with Crippen LogP contribution >= 0.6 is 0 Å². The first-order valence-electron chi connectivity index (χ1n) is 7.66. The van der Waals surface area contributed by atoms with E-state index in [0.717, 1.165) is 37.1 Å². The Labute approximate surface area is 130 Å². The average molecular weight is 299 g/mol. The Bertz CT molecular complexity index is 592. The summed E-state index contributed by atoms with van der Waals surface area (Å²) in [4.78, 5) is 21.2. The van der Waals surface area contributed by atoms with Crippen molar-refractivity contribution in [3.8, 4) is 0 Å². The lowest BCUT2D eigenvalue weighted by Gasteiger charge is -2.30. The van der Waals surface area contributed by atoms with Crippen LogP contribution in [0, 0.1) is 0 Å². The van der Waals surface area contributed by atoms with Crippen molar-refractivity contribution in [2.24, 2.45) is 0 Å². The second-order valence-electron chi connectivity index (χ2n) is 5.76. The van der Waals surface area contributed by atoms with Crippen LogP contribution in [0.25, 0.3) is 0 Å². The summed E-state index contributed by atoms with van der Waals surface area (Å²) in [7, 11) is 1.84. The molecule has 2 aromatic heterocycles. The number of hydrogen-bond donors (Lipinski definition) is 0. The van der Waals surface area contributed by atoms with Crippen molar-refractivity contribution in [2.75, 3.05) is 20.1 Å². The largest absolute Gasteiger partial charge is 0.472 e. The van der Waals surface area contributed by atoms with E-state index in [2.05, 4.69) is 9.88 Å². The smallest absolute Gasteiger partial charge is 0.244 e. The van der Waals surface area contributed by atoms with E-state index >= 15 is 0 Å².